The third kappa shape index (κ3) is 8.04. The van der Waals surface area contributed by atoms with Gasteiger partial charge in [-0.2, -0.15) is 0 Å². The quantitative estimate of drug-likeness (QED) is 0.374. The summed E-state index contributed by atoms with van der Waals surface area (Å²) in [6.45, 7) is 10.8. The van der Waals surface area contributed by atoms with Gasteiger partial charge in [0.25, 0.3) is 0 Å². The molecule has 29 heavy (non-hydrogen) atoms. The molecule has 3 rings (SSSR count). The van der Waals surface area contributed by atoms with Crippen LogP contribution >= 0.6 is 0 Å². The van der Waals surface area contributed by atoms with Crippen LogP contribution in [0.3, 0.4) is 0 Å². The first kappa shape index (κ1) is 22.8. The largest absolute Gasteiger partial charge is 0.376 e. The van der Waals surface area contributed by atoms with E-state index >= 15 is 0 Å². The van der Waals surface area contributed by atoms with E-state index in [2.05, 4.69) is 32.1 Å². The highest BCUT2D eigenvalue weighted by molar-refractivity contribution is 5.79. The number of hydrogen-bond donors (Lipinski definition) is 1. The molecule has 3 saturated heterocycles. The van der Waals surface area contributed by atoms with Crippen molar-refractivity contribution in [2.24, 2.45) is 4.99 Å². The summed E-state index contributed by atoms with van der Waals surface area (Å²) < 4.78 is 11.9. The molecule has 0 amide bonds. The lowest BCUT2D eigenvalue weighted by molar-refractivity contribution is -0.0721. The molecule has 0 aromatic heterocycles. The lowest BCUT2D eigenvalue weighted by Crippen LogP contribution is -2.47. The monoisotopic (exact) mass is 409 g/mol. The molecule has 0 aromatic carbocycles. The van der Waals surface area contributed by atoms with Gasteiger partial charge in [0.2, 0.25) is 0 Å². The Morgan fingerprint density at radius 3 is 2.52 bits per heavy atom. The fourth-order valence-corrected chi connectivity index (χ4v) is 4.48. The molecular formula is C22H43N5O2. The van der Waals surface area contributed by atoms with E-state index in [9.17, 15) is 0 Å². The number of likely N-dealkylation sites (tertiary alicyclic amines) is 1. The highest BCUT2D eigenvalue weighted by Gasteiger charge is 2.23. The lowest BCUT2D eigenvalue weighted by atomic mass is 10.1. The molecule has 1 unspecified atom stereocenters. The van der Waals surface area contributed by atoms with Crippen molar-refractivity contribution in [2.75, 3.05) is 79.7 Å². The van der Waals surface area contributed by atoms with E-state index in [0.29, 0.717) is 12.2 Å². The van der Waals surface area contributed by atoms with E-state index in [-0.39, 0.29) is 0 Å². The van der Waals surface area contributed by atoms with Gasteiger partial charge in [-0.1, -0.05) is 0 Å². The Kier molecular flexibility index (Phi) is 10.00. The fraction of sp³-hybridized carbons (Fsp3) is 0.955. The minimum Gasteiger partial charge on any atom is -0.376 e. The number of rotatable bonds is 8. The Morgan fingerprint density at radius 2 is 1.83 bits per heavy atom. The molecule has 168 valence electrons. The number of nitrogens with one attached hydrogen (secondary N) is 1. The molecule has 0 aliphatic carbocycles. The molecule has 0 radical (unpaired) electrons. The Balaban J connectivity index is 1.24. The maximum absolute atomic E-state index is 6.14. The van der Waals surface area contributed by atoms with Gasteiger partial charge in [-0.15, -0.1) is 0 Å². The molecule has 3 aliphatic rings. The maximum atomic E-state index is 6.14. The zero-order valence-corrected chi connectivity index (χ0v) is 18.8. The van der Waals surface area contributed by atoms with Crippen molar-refractivity contribution in [2.45, 2.75) is 57.2 Å². The average Bonchev–Trinajstić information content (AvgIpc) is 2.77. The van der Waals surface area contributed by atoms with Gasteiger partial charge < -0.3 is 29.5 Å². The summed E-state index contributed by atoms with van der Waals surface area (Å²) in [5.41, 5.74) is 0. The smallest absolute Gasteiger partial charge is 0.193 e. The Bertz CT molecular complexity index is 468. The van der Waals surface area contributed by atoms with E-state index in [4.69, 9.17) is 9.47 Å². The highest BCUT2D eigenvalue weighted by Crippen LogP contribution is 2.18. The van der Waals surface area contributed by atoms with Gasteiger partial charge in [-0.25, -0.2) is 0 Å². The second-order valence-electron chi connectivity index (χ2n) is 8.83. The summed E-state index contributed by atoms with van der Waals surface area (Å²) in [4.78, 5) is 11.9. The second kappa shape index (κ2) is 12.7. The highest BCUT2D eigenvalue weighted by atomic mass is 16.5. The molecule has 0 aromatic rings. The van der Waals surface area contributed by atoms with Gasteiger partial charge in [0.05, 0.1) is 18.8 Å². The first-order valence-corrected chi connectivity index (χ1v) is 11.8. The molecule has 3 heterocycles. The topological polar surface area (TPSA) is 52.6 Å². The van der Waals surface area contributed by atoms with Gasteiger partial charge in [-0.05, 0) is 58.5 Å². The zero-order chi connectivity index (χ0) is 20.3. The molecular weight excluding hydrogens is 366 g/mol. The van der Waals surface area contributed by atoms with Crippen LogP contribution in [0.1, 0.15) is 44.9 Å². The number of piperidine rings is 1. The van der Waals surface area contributed by atoms with Crippen LogP contribution in [0.4, 0.5) is 0 Å². The molecule has 7 nitrogen and oxygen atoms in total. The first-order chi connectivity index (χ1) is 14.2. The van der Waals surface area contributed by atoms with Crippen molar-refractivity contribution < 1.29 is 9.47 Å². The van der Waals surface area contributed by atoms with E-state index in [1.807, 2.05) is 7.05 Å². The third-order valence-corrected chi connectivity index (χ3v) is 6.53. The summed E-state index contributed by atoms with van der Waals surface area (Å²) in [6, 6.07) is 0. The van der Waals surface area contributed by atoms with Crippen LogP contribution in [0.15, 0.2) is 4.99 Å². The van der Waals surface area contributed by atoms with Crippen molar-refractivity contribution in [1.29, 1.82) is 0 Å². The predicted molar refractivity (Wildman–Crippen MR) is 119 cm³/mol. The van der Waals surface area contributed by atoms with Crippen molar-refractivity contribution in [1.82, 2.24) is 20.0 Å². The second-order valence-corrected chi connectivity index (χ2v) is 8.83. The number of nitrogens with zero attached hydrogens (tertiary/aromatic N) is 4. The van der Waals surface area contributed by atoms with Gasteiger partial charge in [0.15, 0.2) is 5.96 Å². The van der Waals surface area contributed by atoms with Gasteiger partial charge in [0.1, 0.15) is 0 Å². The van der Waals surface area contributed by atoms with Crippen molar-refractivity contribution >= 4 is 5.96 Å². The fourth-order valence-electron chi connectivity index (χ4n) is 4.48. The van der Waals surface area contributed by atoms with Crippen LogP contribution in [-0.2, 0) is 9.47 Å². The molecule has 1 atom stereocenters. The molecule has 1 N–H and O–H groups in total. The minimum atomic E-state index is 0.321. The summed E-state index contributed by atoms with van der Waals surface area (Å²) in [5, 5.41) is 3.57. The van der Waals surface area contributed by atoms with Crippen molar-refractivity contribution in [3.63, 3.8) is 0 Å². The van der Waals surface area contributed by atoms with E-state index < -0.39 is 0 Å². The minimum absolute atomic E-state index is 0.321. The number of piperazine rings is 1. The average molecular weight is 410 g/mol. The maximum Gasteiger partial charge on any atom is 0.193 e. The summed E-state index contributed by atoms with van der Waals surface area (Å²) >= 11 is 0. The van der Waals surface area contributed by atoms with Crippen LogP contribution in [0.2, 0.25) is 0 Å². The number of aliphatic imine (C=N–C) groups is 1. The van der Waals surface area contributed by atoms with Crippen molar-refractivity contribution in [3.05, 3.63) is 0 Å². The Morgan fingerprint density at radius 1 is 1.03 bits per heavy atom. The molecule has 7 heteroatoms. The van der Waals surface area contributed by atoms with E-state index in [0.717, 1.165) is 58.1 Å². The van der Waals surface area contributed by atoms with Crippen LogP contribution in [-0.4, -0.2) is 113 Å². The number of likely N-dealkylation sites (N-methyl/N-ethyl adjacent to an activating group) is 1. The number of ether oxygens (including phenoxy) is 2. The summed E-state index contributed by atoms with van der Waals surface area (Å²) in [6.07, 6.45) is 8.96. The third-order valence-electron chi connectivity index (χ3n) is 6.53. The molecule has 0 bridgehead atoms. The van der Waals surface area contributed by atoms with E-state index in [1.165, 1.54) is 58.4 Å². The van der Waals surface area contributed by atoms with Crippen molar-refractivity contribution in [3.8, 4) is 0 Å². The normalized spacial score (nSPS) is 26.1. The lowest BCUT2D eigenvalue weighted by Gasteiger charge is -2.35. The van der Waals surface area contributed by atoms with Crippen LogP contribution in [0.5, 0.6) is 0 Å². The SMILES string of the molecule is CN=C(NCCCCN1CCN(C)CC1)N1CCC(OCC2CCCCO2)CC1. The van der Waals surface area contributed by atoms with Gasteiger partial charge >= 0.3 is 0 Å². The zero-order valence-electron chi connectivity index (χ0n) is 18.8. The van der Waals surface area contributed by atoms with Crippen LogP contribution in [0.25, 0.3) is 0 Å². The number of unbranched alkanes of at least 4 members (excludes halogenated alkanes) is 1. The first-order valence-electron chi connectivity index (χ1n) is 11.8. The Hall–Kier alpha value is -0.890. The van der Waals surface area contributed by atoms with Crippen LogP contribution < -0.4 is 5.32 Å². The molecule has 3 aliphatic heterocycles. The van der Waals surface area contributed by atoms with Gasteiger partial charge in [-0.3, -0.25) is 4.99 Å². The summed E-state index contributed by atoms with van der Waals surface area (Å²) in [7, 11) is 4.11. The summed E-state index contributed by atoms with van der Waals surface area (Å²) in [5.74, 6) is 1.05. The standard InChI is InChI=1S/C22H43N5O2/c1-23-22(24-10-4-5-11-26-16-14-25(2)15-17-26)27-12-8-20(9-13-27)29-19-21-7-3-6-18-28-21/h20-21H,3-19H2,1-2H3,(H,23,24). The number of guanidine groups is 1. The Labute approximate surface area is 177 Å². The number of hydrogen-bond acceptors (Lipinski definition) is 5. The van der Waals surface area contributed by atoms with Gasteiger partial charge in [0, 0.05) is 59.5 Å². The molecule has 0 spiro atoms. The molecule has 3 fully saturated rings. The van der Waals surface area contributed by atoms with E-state index in [1.54, 1.807) is 0 Å². The van der Waals surface area contributed by atoms with Crippen LogP contribution in [0, 0.1) is 0 Å². The predicted octanol–water partition coefficient (Wildman–Crippen LogP) is 1.64. The molecule has 0 saturated carbocycles.